The Bertz CT molecular complexity index is 790. The SMILES string of the molecule is CC(C)(CNCC(O)COC1CC(C)(C)[NH+](O)C(C)(C)C1)CNCC(C)(C)CNCC(O)COC1CC(C)(C)[NH+](O)C(C)(C)C1. The quantitative estimate of drug-likeness (QED) is 0.104. The van der Waals surface area contributed by atoms with Gasteiger partial charge in [0.25, 0.3) is 0 Å². The lowest BCUT2D eigenvalue weighted by molar-refractivity contribution is -1.16. The van der Waals surface area contributed by atoms with E-state index in [1.807, 2.05) is 0 Å². The van der Waals surface area contributed by atoms with Crippen molar-refractivity contribution in [3.63, 3.8) is 0 Å². The van der Waals surface area contributed by atoms with Crippen LogP contribution < -0.4 is 26.1 Å². The van der Waals surface area contributed by atoms with E-state index in [2.05, 4.69) is 99.0 Å². The van der Waals surface area contributed by atoms with E-state index in [1.54, 1.807) is 0 Å². The van der Waals surface area contributed by atoms with Crippen molar-refractivity contribution in [2.45, 2.75) is 155 Å². The highest BCUT2D eigenvalue weighted by Gasteiger charge is 2.51. The van der Waals surface area contributed by atoms with Crippen LogP contribution in [0.25, 0.3) is 0 Å². The van der Waals surface area contributed by atoms with Crippen molar-refractivity contribution in [1.29, 1.82) is 0 Å². The maximum absolute atomic E-state index is 10.6. The van der Waals surface area contributed by atoms with Crippen LogP contribution in [-0.4, -0.2) is 120 Å². The van der Waals surface area contributed by atoms with E-state index in [4.69, 9.17) is 9.47 Å². The van der Waals surface area contributed by atoms with Gasteiger partial charge in [-0.05, 0) is 66.2 Å². The van der Waals surface area contributed by atoms with Crippen molar-refractivity contribution in [3.8, 4) is 0 Å². The number of rotatable bonds is 18. The fourth-order valence-electron chi connectivity index (χ4n) is 7.51. The molecule has 2 atom stereocenters. The fraction of sp³-hybridized carbons (Fsp3) is 1.00. The first-order chi connectivity index (χ1) is 20.4. The van der Waals surface area contributed by atoms with Gasteiger partial charge in [-0.15, -0.1) is 0 Å². The van der Waals surface area contributed by atoms with Crippen LogP contribution in [0.3, 0.4) is 0 Å². The van der Waals surface area contributed by atoms with Crippen LogP contribution in [0, 0.1) is 10.8 Å². The molecule has 0 spiro atoms. The van der Waals surface area contributed by atoms with Gasteiger partial charge in [-0.25, -0.2) is 10.4 Å². The molecule has 2 unspecified atom stereocenters. The monoisotopic (exact) mass is 648 g/mol. The summed E-state index contributed by atoms with van der Waals surface area (Å²) in [6.45, 7) is 30.0. The average molecular weight is 648 g/mol. The lowest BCUT2D eigenvalue weighted by atomic mass is 9.80. The summed E-state index contributed by atoms with van der Waals surface area (Å²) < 4.78 is 12.2. The third-order valence-electron chi connectivity index (χ3n) is 9.74. The minimum absolute atomic E-state index is 0.000795. The average Bonchev–Trinajstić information content (AvgIpc) is 2.87. The number of piperidine rings is 2. The normalized spacial score (nSPS) is 29.3. The predicted octanol–water partition coefficient (Wildman–Crippen LogP) is 0.550. The molecule has 11 heteroatoms. The molecule has 0 aliphatic carbocycles. The molecule has 0 radical (unpaired) electrons. The second-order valence-electron chi connectivity index (χ2n) is 18.5. The van der Waals surface area contributed by atoms with E-state index in [0.29, 0.717) is 23.2 Å². The van der Waals surface area contributed by atoms with Gasteiger partial charge in [-0.3, -0.25) is 0 Å². The zero-order valence-corrected chi connectivity index (χ0v) is 30.9. The molecule has 2 fully saturated rings. The van der Waals surface area contributed by atoms with Gasteiger partial charge in [-0.2, -0.15) is 10.1 Å². The number of nitrogens with one attached hydrogen (secondary N) is 5. The molecular weight excluding hydrogens is 574 g/mol. The van der Waals surface area contributed by atoms with Gasteiger partial charge in [-0.1, -0.05) is 27.7 Å². The molecule has 2 saturated heterocycles. The van der Waals surface area contributed by atoms with Crippen LogP contribution in [-0.2, 0) is 9.47 Å². The molecule has 9 N–H and O–H groups in total. The number of hydroxylamine groups is 4. The van der Waals surface area contributed by atoms with E-state index in [0.717, 1.165) is 51.9 Å². The molecule has 2 aliphatic heterocycles. The number of ether oxygens (including phenoxy) is 2. The molecule has 2 aliphatic rings. The lowest BCUT2D eigenvalue weighted by Crippen LogP contribution is -3.25. The summed E-state index contributed by atoms with van der Waals surface area (Å²) in [5, 5.41) is 53.8. The minimum atomic E-state index is -0.585. The molecule has 268 valence electrons. The number of aliphatic hydroxyl groups is 2. The lowest BCUT2D eigenvalue weighted by Gasteiger charge is -2.47. The maximum Gasteiger partial charge on any atom is 0.124 e. The third-order valence-corrected chi connectivity index (χ3v) is 9.74. The molecule has 11 nitrogen and oxygen atoms in total. The van der Waals surface area contributed by atoms with Crippen molar-refractivity contribution < 1.29 is 40.2 Å². The van der Waals surface area contributed by atoms with E-state index in [-0.39, 0.29) is 58.4 Å². The Hall–Kier alpha value is -0.440. The first-order valence-electron chi connectivity index (χ1n) is 17.2. The summed E-state index contributed by atoms with van der Waals surface area (Å²) in [5.41, 5.74) is -1.15. The number of aliphatic hydroxyl groups excluding tert-OH is 2. The fourth-order valence-corrected chi connectivity index (χ4v) is 7.51. The van der Waals surface area contributed by atoms with E-state index >= 15 is 0 Å². The molecule has 0 bridgehead atoms. The van der Waals surface area contributed by atoms with E-state index < -0.39 is 12.2 Å². The Morgan fingerprint density at radius 3 is 1.13 bits per heavy atom. The summed E-state index contributed by atoms with van der Waals surface area (Å²) in [6, 6.07) is 0. The molecule has 0 saturated carbocycles. The number of hydrogen-bond acceptors (Lipinski definition) is 9. The highest BCUT2D eigenvalue weighted by atomic mass is 16.5. The zero-order valence-electron chi connectivity index (χ0n) is 30.9. The Morgan fingerprint density at radius 2 is 0.844 bits per heavy atom. The van der Waals surface area contributed by atoms with Crippen LogP contribution in [0.1, 0.15) is 109 Å². The molecule has 0 aromatic carbocycles. The minimum Gasteiger partial charge on any atom is -0.389 e. The summed E-state index contributed by atoms with van der Waals surface area (Å²) >= 11 is 0. The molecule has 2 heterocycles. The predicted molar refractivity (Wildman–Crippen MR) is 178 cm³/mol. The van der Waals surface area contributed by atoms with Gasteiger partial charge < -0.3 is 35.6 Å². The van der Waals surface area contributed by atoms with Gasteiger partial charge in [0.1, 0.15) is 22.2 Å². The van der Waals surface area contributed by atoms with Crippen molar-refractivity contribution in [3.05, 3.63) is 0 Å². The van der Waals surface area contributed by atoms with Gasteiger partial charge in [0.15, 0.2) is 0 Å². The van der Waals surface area contributed by atoms with Gasteiger partial charge in [0.05, 0.1) is 37.6 Å². The Labute approximate surface area is 274 Å². The molecule has 0 amide bonds. The second kappa shape index (κ2) is 15.8. The second-order valence-corrected chi connectivity index (χ2v) is 18.5. The summed E-state index contributed by atoms with van der Waals surface area (Å²) in [4.78, 5) is 0. The van der Waals surface area contributed by atoms with Crippen molar-refractivity contribution in [1.82, 2.24) is 16.0 Å². The standard InChI is InChI=1S/C34H71N5O6/c1-29(2,21-35-17-25(40)19-44-27-13-31(5,6)38(42)32(7,8)14-27)23-37-24-30(3,4)22-36-18-26(41)20-45-28-15-33(9,10)39(43)34(11,12)16-28/h25-28,35-37,40-43H,13-24H2,1-12H3/p+2. The Balaban J connectivity index is 1.60. The van der Waals surface area contributed by atoms with Crippen molar-refractivity contribution >= 4 is 0 Å². The molecule has 0 aromatic heterocycles. The maximum atomic E-state index is 10.6. The largest absolute Gasteiger partial charge is 0.389 e. The van der Waals surface area contributed by atoms with Gasteiger partial charge >= 0.3 is 0 Å². The highest BCUT2D eigenvalue weighted by molar-refractivity contribution is 4.87. The van der Waals surface area contributed by atoms with Crippen LogP contribution >= 0.6 is 0 Å². The summed E-state index contributed by atoms with van der Waals surface area (Å²) in [5.74, 6) is 0. The van der Waals surface area contributed by atoms with Gasteiger partial charge in [0, 0.05) is 65.0 Å². The molecular formula is C34H73N5O6+2. The highest BCUT2D eigenvalue weighted by Crippen LogP contribution is 2.27. The number of hydrogen-bond donors (Lipinski definition) is 9. The zero-order chi connectivity index (χ0) is 34.5. The Kier molecular flexibility index (Phi) is 14.3. The van der Waals surface area contributed by atoms with Crippen LogP contribution in [0.5, 0.6) is 0 Å². The molecule has 45 heavy (non-hydrogen) atoms. The molecule has 0 aromatic rings. The van der Waals surface area contributed by atoms with Crippen LogP contribution in [0.2, 0.25) is 0 Å². The third kappa shape index (κ3) is 13.2. The van der Waals surface area contributed by atoms with Gasteiger partial charge in [0.2, 0.25) is 0 Å². The van der Waals surface area contributed by atoms with Crippen LogP contribution in [0.15, 0.2) is 0 Å². The summed E-state index contributed by atoms with van der Waals surface area (Å²) in [7, 11) is 0. The topological polar surface area (TPSA) is 144 Å². The van der Waals surface area contributed by atoms with Crippen molar-refractivity contribution in [2.24, 2.45) is 10.8 Å². The van der Waals surface area contributed by atoms with E-state index in [1.165, 1.54) is 0 Å². The first-order valence-corrected chi connectivity index (χ1v) is 17.2. The van der Waals surface area contributed by atoms with Crippen molar-refractivity contribution in [2.75, 3.05) is 52.5 Å². The summed E-state index contributed by atoms with van der Waals surface area (Å²) in [6.07, 6.45) is 1.89. The smallest absolute Gasteiger partial charge is 0.124 e. The molecule has 2 rings (SSSR count). The number of quaternary nitrogens is 2. The van der Waals surface area contributed by atoms with E-state index in [9.17, 15) is 20.6 Å². The van der Waals surface area contributed by atoms with Crippen LogP contribution in [0.4, 0.5) is 0 Å². The first kappa shape index (κ1) is 40.7. The Morgan fingerprint density at radius 1 is 0.578 bits per heavy atom.